The van der Waals surface area contributed by atoms with E-state index >= 15 is 0 Å². The van der Waals surface area contributed by atoms with Crippen molar-refractivity contribution in [2.45, 2.75) is 6.92 Å². The Balaban J connectivity index is 2.31. The zero-order valence-electron chi connectivity index (χ0n) is 9.91. The molecule has 0 saturated carbocycles. The average molecular weight is 449 g/mol. The summed E-state index contributed by atoms with van der Waals surface area (Å²) in [4.78, 5) is 11.3. The maximum Gasteiger partial charge on any atom is 0.159 e. The minimum absolute atomic E-state index is 0.0251. The molecular formula is C14H9Br3O2. The second-order valence-electron chi connectivity index (χ2n) is 3.88. The maximum absolute atomic E-state index is 11.3. The lowest BCUT2D eigenvalue weighted by Gasteiger charge is -2.10. The summed E-state index contributed by atoms with van der Waals surface area (Å²) in [5.41, 5.74) is 0.647. The minimum atomic E-state index is 0.0251. The highest BCUT2D eigenvalue weighted by molar-refractivity contribution is 9.11. The van der Waals surface area contributed by atoms with Gasteiger partial charge < -0.3 is 4.74 Å². The third-order valence-corrected chi connectivity index (χ3v) is 4.18. The van der Waals surface area contributed by atoms with E-state index in [1.165, 1.54) is 6.92 Å². The van der Waals surface area contributed by atoms with Crippen LogP contribution in [0.2, 0.25) is 0 Å². The van der Waals surface area contributed by atoms with E-state index < -0.39 is 0 Å². The second-order valence-corrected chi connectivity index (χ2v) is 6.50. The number of halogens is 3. The number of rotatable bonds is 3. The Bertz CT molecular complexity index is 639. The van der Waals surface area contributed by atoms with Crippen molar-refractivity contribution in [3.8, 4) is 11.5 Å². The van der Waals surface area contributed by atoms with Gasteiger partial charge in [-0.1, -0.05) is 15.9 Å². The first-order chi connectivity index (χ1) is 8.97. The molecule has 5 heteroatoms. The van der Waals surface area contributed by atoms with E-state index in [0.29, 0.717) is 17.1 Å². The molecule has 0 aliphatic heterocycles. The summed E-state index contributed by atoms with van der Waals surface area (Å²) in [5, 5.41) is 0. The SMILES string of the molecule is CC(=O)c1ccc(Oc2ccc(Br)cc2Br)c(Br)c1. The van der Waals surface area contributed by atoms with E-state index in [1.54, 1.807) is 18.2 Å². The first kappa shape index (κ1) is 14.8. The molecule has 0 aromatic heterocycles. The Morgan fingerprint density at radius 1 is 0.947 bits per heavy atom. The lowest BCUT2D eigenvalue weighted by Crippen LogP contribution is -1.93. The van der Waals surface area contributed by atoms with Gasteiger partial charge >= 0.3 is 0 Å². The summed E-state index contributed by atoms with van der Waals surface area (Å²) in [6, 6.07) is 10.9. The molecule has 0 aliphatic rings. The van der Waals surface area contributed by atoms with Crippen molar-refractivity contribution >= 4 is 53.6 Å². The quantitative estimate of drug-likeness (QED) is 0.541. The Hall–Kier alpha value is -0.650. The van der Waals surface area contributed by atoms with Gasteiger partial charge in [0.1, 0.15) is 11.5 Å². The van der Waals surface area contributed by atoms with E-state index in [4.69, 9.17) is 4.74 Å². The lowest BCUT2D eigenvalue weighted by molar-refractivity contribution is 0.101. The standard InChI is InChI=1S/C14H9Br3O2/c1-8(18)9-2-4-13(11(16)6-9)19-14-5-3-10(15)7-12(14)17/h2-7H,1H3. The summed E-state index contributed by atoms with van der Waals surface area (Å²) in [7, 11) is 0. The topological polar surface area (TPSA) is 26.3 Å². The number of benzene rings is 2. The summed E-state index contributed by atoms with van der Waals surface area (Å²) < 4.78 is 8.37. The Kier molecular flexibility index (Phi) is 4.81. The fourth-order valence-corrected chi connectivity index (χ4v) is 3.07. The Labute approximate surface area is 136 Å². The monoisotopic (exact) mass is 446 g/mol. The molecule has 2 rings (SSSR count). The zero-order chi connectivity index (χ0) is 14.0. The van der Waals surface area contributed by atoms with Gasteiger partial charge in [-0.15, -0.1) is 0 Å². The predicted molar refractivity (Wildman–Crippen MR) is 86.1 cm³/mol. The minimum Gasteiger partial charge on any atom is -0.455 e. The molecule has 0 fully saturated rings. The van der Waals surface area contributed by atoms with Crippen molar-refractivity contribution in [2.75, 3.05) is 0 Å². The molecule has 0 amide bonds. The zero-order valence-corrected chi connectivity index (χ0v) is 14.7. The maximum atomic E-state index is 11.3. The first-order valence-corrected chi connectivity index (χ1v) is 7.78. The predicted octanol–water partition coefficient (Wildman–Crippen LogP) is 5.97. The van der Waals surface area contributed by atoms with Gasteiger partial charge in [0.25, 0.3) is 0 Å². The van der Waals surface area contributed by atoms with E-state index in [0.717, 1.165) is 13.4 Å². The van der Waals surface area contributed by atoms with Crippen LogP contribution in [0, 0.1) is 0 Å². The van der Waals surface area contributed by atoms with Crippen molar-refractivity contribution in [3.05, 3.63) is 55.4 Å². The molecule has 98 valence electrons. The van der Waals surface area contributed by atoms with Crippen LogP contribution in [-0.2, 0) is 0 Å². The summed E-state index contributed by atoms with van der Waals surface area (Å²) in [6.07, 6.45) is 0. The molecule has 0 bridgehead atoms. The smallest absolute Gasteiger partial charge is 0.159 e. The summed E-state index contributed by atoms with van der Waals surface area (Å²) >= 11 is 10.2. The van der Waals surface area contributed by atoms with Gasteiger partial charge in [0.15, 0.2) is 5.78 Å². The van der Waals surface area contributed by atoms with E-state index in [1.807, 2.05) is 18.2 Å². The molecule has 0 spiro atoms. The van der Waals surface area contributed by atoms with Gasteiger partial charge in [-0.3, -0.25) is 4.79 Å². The molecular weight excluding hydrogens is 440 g/mol. The van der Waals surface area contributed by atoms with Crippen LogP contribution in [0.5, 0.6) is 11.5 Å². The third kappa shape index (κ3) is 3.68. The van der Waals surface area contributed by atoms with Crippen molar-refractivity contribution in [1.29, 1.82) is 0 Å². The van der Waals surface area contributed by atoms with E-state index in [9.17, 15) is 4.79 Å². The van der Waals surface area contributed by atoms with Crippen LogP contribution in [-0.4, -0.2) is 5.78 Å². The number of carbonyl (C=O) groups excluding carboxylic acids is 1. The second kappa shape index (κ2) is 6.20. The van der Waals surface area contributed by atoms with Crippen molar-refractivity contribution in [3.63, 3.8) is 0 Å². The molecule has 0 radical (unpaired) electrons. The fourth-order valence-electron chi connectivity index (χ4n) is 1.48. The highest BCUT2D eigenvalue weighted by Crippen LogP contribution is 2.35. The average Bonchev–Trinajstić information content (AvgIpc) is 2.34. The van der Waals surface area contributed by atoms with Gasteiger partial charge in [-0.05, 0) is 75.2 Å². The molecule has 0 heterocycles. The van der Waals surface area contributed by atoms with Crippen LogP contribution in [0.1, 0.15) is 17.3 Å². The molecule has 0 unspecified atom stereocenters. The molecule has 19 heavy (non-hydrogen) atoms. The van der Waals surface area contributed by atoms with Crippen molar-refractivity contribution < 1.29 is 9.53 Å². The summed E-state index contributed by atoms with van der Waals surface area (Å²) in [6.45, 7) is 1.54. The number of ether oxygens (including phenoxy) is 1. The first-order valence-electron chi connectivity index (χ1n) is 5.41. The van der Waals surface area contributed by atoms with E-state index in [-0.39, 0.29) is 5.78 Å². The lowest BCUT2D eigenvalue weighted by atomic mass is 10.1. The Morgan fingerprint density at radius 3 is 2.05 bits per heavy atom. The van der Waals surface area contributed by atoms with Crippen LogP contribution in [0.15, 0.2) is 49.8 Å². The van der Waals surface area contributed by atoms with Crippen molar-refractivity contribution in [2.24, 2.45) is 0 Å². The number of carbonyl (C=O) groups is 1. The fraction of sp³-hybridized carbons (Fsp3) is 0.0714. The molecule has 0 aliphatic carbocycles. The number of ketones is 1. The van der Waals surface area contributed by atoms with Gasteiger partial charge in [-0.25, -0.2) is 0 Å². The van der Waals surface area contributed by atoms with Crippen LogP contribution >= 0.6 is 47.8 Å². The molecule has 0 atom stereocenters. The number of Topliss-reactive ketones (excluding diaryl/α,β-unsaturated/α-hetero) is 1. The van der Waals surface area contributed by atoms with Gasteiger partial charge in [0.2, 0.25) is 0 Å². The highest BCUT2D eigenvalue weighted by Gasteiger charge is 2.09. The summed E-state index contributed by atoms with van der Waals surface area (Å²) in [5.74, 6) is 1.39. The number of hydrogen-bond acceptors (Lipinski definition) is 2. The van der Waals surface area contributed by atoms with Gasteiger partial charge in [-0.2, -0.15) is 0 Å². The molecule has 2 aromatic rings. The van der Waals surface area contributed by atoms with Crippen molar-refractivity contribution in [1.82, 2.24) is 0 Å². The van der Waals surface area contributed by atoms with Crippen LogP contribution in [0.25, 0.3) is 0 Å². The molecule has 0 N–H and O–H groups in total. The largest absolute Gasteiger partial charge is 0.455 e. The third-order valence-electron chi connectivity index (χ3n) is 2.45. The van der Waals surface area contributed by atoms with Gasteiger partial charge in [0, 0.05) is 10.0 Å². The Morgan fingerprint density at radius 2 is 1.53 bits per heavy atom. The van der Waals surface area contributed by atoms with E-state index in [2.05, 4.69) is 47.8 Å². The molecule has 2 nitrogen and oxygen atoms in total. The molecule has 2 aromatic carbocycles. The van der Waals surface area contributed by atoms with Crippen LogP contribution < -0.4 is 4.74 Å². The number of hydrogen-bond donors (Lipinski definition) is 0. The van der Waals surface area contributed by atoms with Gasteiger partial charge in [0.05, 0.1) is 8.95 Å². The normalized spacial score (nSPS) is 10.3. The van der Waals surface area contributed by atoms with Crippen LogP contribution in [0.3, 0.4) is 0 Å². The van der Waals surface area contributed by atoms with Crippen LogP contribution in [0.4, 0.5) is 0 Å². The highest BCUT2D eigenvalue weighted by atomic mass is 79.9. The molecule has 0 saturated heterocycles.